The van der Waals surface area contributed by atoms with Crippen LogP contribution in [0.5, 0.6) is 0 Å². The maximum atomic E-state index is 12.4. The largest absolute Gasteiger partial charge is 0.444 e. The van der Waals surface area contributed by atoms with E-state index in [2.05, 4.69) is 20.6 Å². The predicted molar refractivity (Wildman–Crippen MR) is 127 cm³/mol. The minimum absolute atomic E-state index is 0.0596. The lowest BCUT2D eigenvalue weighted by atomic mass is 10.1. The molecule has 1 aliphatic rings. The molecule has 174 valence electrons. The number of oxazole rings is 1. The molecule has 3 heterocycles. The Labute approximate surface area is 201 Å². The topological polar surface area (TPSA) is 98.3 Å². The molecule has 0 unspecified atom stereocenters. The van der Waals surface area contributed by atoms with Gasteiger partial charge in [-0.25, -0.2) is 9.67 Å². The van der Waals surface area contributed by atoms with Crippen molar-refractivity contribution < 1.29 is 13.9 Å². The van der Waals surface area contributed by atoms with Gasteiger partial charge in [0.15, 0.2) is 0 Å². The van der Waals surface area contributed by atoms with Crippen molar-refractivity contribution in [3.8, 4) is 22.7 Å². The summed E-state index contributed by atoms with van der Waals surface area (Å²) in [6.45, 7) is 3.10. The third-order valence-corrected chi connectivity index (χ3v) is 5.69. The van der Waals surface area contributed by atoms with Gasteiger partial charge in [-0.05, 0) is 30.3 Å². The molecule has 0 aliphatic carbocycles. The summed E-state index contributed by atoms with van der Waals surface area (Å²) in [5.74, 6) is 0.563. The number of anilines is 1. The van der Waals surface area contributed by atoms with Crippen LogP contribution in [0.1, 0.15) is 5.69 Å². The zero-order chi connectivity index (χ0) is 23.3. The number of hydrogen-bond acceptors (Lipinski definition) is 7. The first-order chi connectivity index (χ1) is 16.6. The van der Waals surface area contributed by atoms with Gasteiger partial charge in [-0.2, -0.15) is 0 Å². The fraction of sp³-hybridized carbons (Fsp3) is 0.250. The molecule has 9 nitrogen and oxygen atoms in total. The van der Waals surface area contributed by atoms with Crippen molar-refractivity contribution in [2.24, 2.45) is 0 Å². The molecule has 1 saturated heterocycles. The van der Waals surface area contributed by atoms with Gasteiger partial charge in [-0.15, -0.1) is 5.10 Å². The maximum Gasteiger partial charge on any atom is 0.242 e. The Morgan fingerprint density at radius 1 is 1.09 bits per heavy atom. The molecule has 34 heavy (non-hydrogen) atoms. The first-order valence-electron chi connectivity index (χ1n) is 10.9. The average molecular weight is 479 g/mol. The molecule has 1 amide bonds. The van der Waals surface area contributed by atoms with Gasteiger partial charge < -0.3 is 19.4 Å². The van der Waals surface area contributed by atoms with E-state index >= 15 is 0 Å². The highest BCUT2D eigenvalue weighted by Crippen LogP contribution is 2.23. The Morgan fingerprint density at radius 3 is 2.76 bits per heavy atom. The van der Waals surface area contributed by atoms with E-state index in [0.29, 0.717) is 43.8 Å². The van der Waals surface area contributed by atoms with E-state index in [1.54, 1.807) is 23.1 Å². The zero-order valence-corrected chi connectivity index (χ0v) is 19.1. The molecule has 1 N–H and O–H groups in total. The van der Waals surface area contributed by atoms with Crippen molar-refractivity contribution in [3.63, 3.8) is 0 Å². The zero-order valence-electron chi connectivity index (χ0n) is 18.4. The monoisotopic (exact) mass is 478 g/mol. The van der Waals surface area contributed by atoms with E-state index in [1.165, 1.54) is 0 Å². The highest BCUT2D eigenvalue weighted by molar-refractivity contribution is 6.30. The summed E-state index contributed by atoms with van der Waals surface area (Å²) >= 11 is 6.05. The summed E-state index contributed by atoms with van der Waals surface area (Å²) in [7, 11) is 0. The molecular weight excluding hydrogens is 456 g/mol. The number of amides is 1. The van der Waals surface area contributed by atoms with E-state index in [9.17, 15) is 4.79 Å². The molecule has 4 aromatic rings. The van der Waals surface area contributed by atoms with Gasteiger partial charge in [0.2, 0.25) is 11.8 Å². The predicted octanol–water partition coefficient (Wildman–Crippen LogP) is 3.57. The van der Waals surface area contributed by atoms with E-state index in [1.807, 2.05) is 47.5 Å². The maximum absolute atomic E-state index is 12.4. The van der Waals surface area contributed by atoms with Crippen LogP contribution < -0.4 is 5.32 Å². The van der Waals surface area contributed by atoms with Crippen LogP contribution in [0.15, 0.2) is 65.4 Å². The molecule has 0 spiro atoms. The molecule has 2 aromatic carbocycles. The summed E-state index contributed by atoms with van der Waals surface area (Å²) in [6.07, 6.45) is 3.46. The molecule has 10 heteroatoms. The van der Waals surface area contributed by atoms with Crippen LogP contribution in [-0.4, -0.2) is 63.6 Å². The Balaban J connectivity index is 1.22. The van der Waals surface area contributed by atoms with Gasteiger partial charge in [0.1, 0.15) is 17.7 Å². The Bertz CT molecular complexity index is 1280. The summed E-state index contributed by atoms with van der Waals surface area (Å²) < 4.78 is 12.6. The Hall–Kier alpha value is -3.69. The molecule has 1 fully saturated rings. The quantitative estimate of drug-likeness (QED) is 0.433. The molecular formula is C24H23ClN6O3. The molecule has 1 aliphatic heterocycles. The second-order valence-electron chi connectivity index (χ2n) is 7.88. The number of carbonyl (C=O) groups is 1. The van der Waals surface area contributed by atoms with Gasteiger partial charge in [-0.1, -0.05) is 35.0 Å². The van der Waals surface area contributed by atoms with E-state index in [0.717, 1.165) is 28.2 Å². The summed E-state index contributed by atoms with van der Waals surface area (Å²) in [5, 5.41) is 12.3. The number of nitrogens with one attached hydrogen (secondary N) is 1. The highest BCUT2D eigenvalue weighted by Gasteiger charge is 2.16. The standard InChI is InChI=1S/C24H23ClN6O3/c25-19-5-1-4-18(11-19)24-27-21(16-34-24)14-31-15-22(28-29-31)17-3-2-6-20(12-17)26-13-23(32)30-7-9-33-10-8-30/h1-6,11-12,15-16,26H,7-10,13-14H2. The fourth-order valence-electron chi connectivity index (χ4n) is 3.70. The third kappa shape index (κ3) is 5.27. The van der Waals surface area contributed by atoms with Crippen LogP contribution in [0, 0.1) is 0 Å². The van der Waals surface area contributed by atoms with Gasteiger partial charge in [-0.3, -0.25) is 4.79 Å². The SMILES string of the molecule is O=C(CNc1cccc(-c2cn(Cc3coc(-c4cccc(Cl)c4)n3)nn2)c1)N1CCOCC1. The third-order valence-electron chi connectivity index (χ3n) is 5.45. The van der Waals surface area contributed by atoms with E-state index in [4.69, 9.17) is 20.8 Å². The Kier molecular flexibility index (Phi) is 6.55. The van der Waals surface area contributed by atoms with Crippen molar-refractivity contribution in [2.45, 2.75) is 6.54 Å². The van der Waals surface area contributed by atoms with Crippen molar-refractivity contribution in [3.05, 3.63) is 71.7 Å². The highest BCUT2D eigenvalue weighted by atomic mass is 35.5. The number of rotatable bonds is 7. The number of benzene rings is 2. The Morgan fingerprint density at radius 2 is 1.91 bits per heavy atom. The van der Waals surface area contributed by atoms with Crippen molar-refractivity contribution >= 4 is 23.2 Å². The molecule has 0 bridgehead atoms. The van der Waals surface area contributed by atoms with Gasteiger partial charge >= 0.3 is 0 Å². The minimum atomic E-state index is 0.0596. The average Bonchev–Trinajstić information content (AvgIpc) is 3.54. The molecule has 2 aromatic heterocycles. The lowest BCUT2D eigenvalue weighted by molar-refractivity contribution is -0.133. The van der Waals surface area contributed by atoms with Crippen LogP contribution in [0.4, 0.5) is 5.69 Å². The lowest BCUT2D eigenvalue weighted by Gasteiger charge is -2.27. The molecule has 0 radical (unpaired) electrons. The van der Waals surface area contributed by atoms with E-state index in [-0.39, 0.29) is 12.5 Å². The number of aromatic nitrogens is 4. The summed E-state index contributed by atoms with van der Waals surface area (Å²) in [6, 6.07) is 15.1. The number of nitrogens with zero attached hydrogens (tertiary/aromatic N) is 5. The lowest BCUT2D eigenvalue weighted by Crippen LogP contribution is -2.43. The number of carbonyl (C=O) groups excluding carboxylic acids is 1. The number of halogens is 1. The van der Waals surface area contributed by atoms with Crippen molar-refractivity contribution in [2.75, 3.05) is 38.2 Å². The van der Waals surface area contributed by atoms with Gasteiger partial charge in [0.25, 0.3) is 0 Å². The van der Waals surface area contributed by atoms with Crippen molar-refractivity contribution in [1.29, 1.82) is 0 Å². The second-order valence-corrected chi connectivity index (χ2v) is 8.32. The molecule has 5 rings (SSSR count). The first-order valence-corrected chi connectivity index (χ1v) is 11.3. The van der Waals surface area contributed by atoms with Crippen LogP contribution in [0.25, 0.3) is 22.7 Å². The normalized spacial score (nSPS) is 13.7. The molecule has 0 atom stereocenters. The minimum Gasteiger partial charge on any atom is -0.444 e. The summed E-state index contributed by atoms with van der Waals surface area (Å²) in [4.78, 5) is 18.7. The van der Waals surface area contributed by atoms with Gasteiger partial charge in [0, 0.05) is 34.9 Å². The van der Waals surface area contributed by atoms with Crippen LogP contribution in [0.3, 0.4) is 0 Å². The van der Waals surface area contributed by atoms with Gasteiger partial charge in [0.05, 0.1) is 32.5 Å². The van der Waals surface area contributed by atoms with E-state index < -0.39 is 0 Å². The number of ether oxygens (including phenoxy) is 1. The first kappa shape index (κ1) is 22.1. The van der Waals surface area contributed by atoms with Crippen LogP contribution in [-0.2, 0) is 16.1 Å². The van der Waals surface area contributed by atoms with Crippen LogP contribution in [0.2, 0.25) is 5.02 Å². The smallest absolute Gasteiger partial charge is 0.242 e. The second kappa shape index (κ2) is 10.1. The van der Waals surface area contributed by atoms with Crippen LogP contribution >= 0.6 is 11.6 Å². The fourth-order valence-corrected chi connectivity index (χ4v) is 3.89. The number of morpholine rings is 1. The van der Waals surface area contributed by atoms with Crippen molar-refractivity contribution in [1.82, 2.24) is 24.9 Å². The number of hydrogen-bond donors (Lipinski definition) is 1. The summed E-state index contributed by atoms with van der Waals surface area (Å²) in [5.41, 5.74) is 4.01. The molecule has 0 saturated carbocycles.